The van der Waals surface area contributed by atoms with Crippen molar-refractivity contribution in [3.05, 3.63) is 70.9 Å². The third kappa shape index (κ3) is 2.83. The number of aromatic nitrogens is 1. The van der Waals surface area contributed by atoms with Crippen molar-refractivity contribution in [1.82, 2.24) is 14.4 Å². The molecule has 0 saturated carbocycles. The van der Waals surface area contributed by atoms with E-state index in [4.69, 9.17) is 0 Å². The van der Waals surface area contributed by atoms with Crippen molar-refractivity contribution in [1.29, 1.82) is 0 Å². The van der Waals surface area contributed by atoms with Crippen LogP contribution in [0.15, 0.2) is 48.5 Å². The third-order valence-corrected chi connectivity index (χ3v) is 6.79. The number of para-hydroxylation sites is 1. The van der Waals surface area contributed by atoms with E-state index >= 15 is 0 Å². The van der Waals surface area contributed by atoms with Gasteiger partial charge in [0.1, 0.15) is 6.54 Å². The van der Waals surface area contributed by atoms with Gasteiger partial charge in [-0.1, -0.05) is 36.4 Å². The Balaban J connectivity index is 1.61. The number of carbonyl (C=O) groups excluding carboxylic acids is 2. The number of nitrogens with zero attached hydrogens (tertiary/aromatic N) is 3. The number of hydrogen-bond acceptors (Lipinski definition) is 2. The van der Waals surface area contributed by atoms with Crippen LogP contribution in [-0.4, -0.2) is 45.8 Å². The van der Waals surface area contributed by atoms with E-state index in [1.807, 2.05) is 41.3 Å². The molecule has 5 rings (SSSR count). The summed E-state index contributed by atoms with van der Waals surface area (Å²) in [7, 11) is 2.06. The molecule has 2 aliphatic rings. The molecule has 2 aromatic carbocycles. The molecular formula is C25H27N3O2. The number of fused-ring (bicyclic) bond motifs is 2. The van der Waals surface area contributed by atoms with Gasteiger partial charge in [-0.15, -0.1) is 0 Å². The summed E-state index contributed by atoms with van der Waals surface area (Å²) in [6.07, 6.45) is 3.27. The Labute approximate surface area is 176 Å². The molecule has 1 aromatic heterocycles. The first kappa shape index (κ1) is 18.9. The molecule has 1 saturated heterocycles. The van der Waals surface area contributed by atoms with Gasteiger partial charge in [0.15, 0.2) is 0 Å². The highest BCUT2D eigenvalue weighted by atomic mass is 16.2. The highest BCUT2D eigenvalue weighted by Crippen LogP contribution is 2.43. The summed E-state index contributed by atoms with van der Waals surface area (Å²) in [6, 6.07) is 15.9. The van der Waals surface area contributed by atoms with Gasteiger partial charge in [-0.25, -0.2) is 0 Å². The third-order valence-electron chi connectivity index (χ3n) is 6.79. The second-order valence-corrected chi connectivity index (χ2v) is 8.44. The van der Waals surface area contributed by atoms with Crippen molar-refractivity contribution in [2.45, 2.75) is 32.2 Å². The number of hydrogen-bond donors (Lipinski definition) is 0. The van der Waals surface area contributed by atoms with Gasteiger partial charge in [0.05, 0.1) is 6.04 Å². The average Bonchev–Trinajstić information content (AvgIpc) is 3.20. The summed E-state index contributed by atoms with van der Waals surface area (Å²) < 4.78 is 2.18. The lowest BCUT2D eigenvalue weighted by Crippen LogP contribution is -2.44. The number of benzene rings is 2. The van der Waals surface area contributed by atoms with Gasteiger partial charge in [0.25, 0.3) is 5.91 Å². The Bertz CT molecular complexity index is 1140. The lowest BCUT2D eigenvalue weighted by molar-refractivity contribution is -0.133. The molecule has 5 nitrogen and oxygen atoms in total. The molecule has 2 aliphatic heterocycles. The quantitative estimate of drug-likeness (QED) is 0.665. The first-order valence-corrected chi connectivity index (χ1v) is 10.8. The molecule has 0 radical (unpaired) electrons. The maximum atomic E-state index is 13.4. The number of aryl methyl sites for hydroxylation is 1. The number of rotatable bonds is 3. The van der Waals surface area contributed by atoms with Crippen molar-refractivity contribution in [3.63, 3.8) is 0 Å². The lowest BCUT2D eigenvalue weighted by atomic mass is 9.95. The fourth-order valence-electron chi connectivity index (χ4n) is 5.13. The first-order chi connectivity index (χ1) is 14.6. The summed E-state index contributed by atoms with van der Waals surface area (Å²) in [5.74, 6) is 0.00652. The van der Waals surface area contributed by atoms with Gasteiger partial charge in [-0.2, -0.15) is 0 Å². The molecular weight excluding hydrogens is 374 g/mol. The second-order valence-electron chi connectivity index (χ2n) is 8.44. The zero-order valence-electron chi connectivity index (χ0n) is 17.6. The van der Waals surface area contributed by atoms with Gasteiger partial charge in [0, 0.05) is 47.9 Å². The van der Waals surface area contributed by atoms with Crippen molar-refractivity contribution in [2.24, 2.45) is 7.05 Å². The van der Waals surface area contributed by atoms with E-state index in [1.165, 1.54) is 6.42 Å². The van der Waals surface area contributed by atoms with Crippen molar-refractivity contribution >= 4 is 22.7 Å². The van der Waals surface area contributed by atoms with Crippen LogP contribution in [0.2, 0.25) is 0 Å². The Morgan fingerprint density at radius 3 is 2.50 bits per heavy atom. The van der Waals surface area contributed by atoms with Crippen LogP contribution in [0.25, 0.3) is 10.9 Å². The molecule has 0 N–H and O–H groups in total. The molecule has 5 heteroatoms. The largest absolute Gasteiger partial charge is 0.348 e. The fraction of sp³-hybridized carbons (Fsp3) is 0.360. The van der Waals surface area contributed by atoms with E-state index in [-0.39, 0.29) is 24.4 Å². The van der Waals surface area contributed by atoms with Gasteiger partial charge < -0.3 is 14.4 Å². The number of piperidine rings is 1. The van der Waals surface area contributed by atoms with E-state index in [2.05, 4.69) is 30.7 Å². The van der Waals surface area contributed by atoms with E-state index in [9.17, 15) is 9.59 Å². The monoisotopic (exact) mass is 401 g/mol. The normalized spacial score (nSPS) is 18.9. The zero-order valence-corrected chi connectivity index (χ0v) is 17.6. The van der Waals surface area contributed by atoms with Gasteiger partial charge in [-0.05, 0) is 43.9 Å². The van der Waals surface area contributed by atoms with Crippen molar-refractivity contribution in [2.75, 3.05) is 19.6 Å². The van der Waals surface area contributed by atoms with E-state index in [0.717, 1.165) is 53.7 Å². The highest BCUT2D eigenvalue weighted by Gasteiger charge is 2.41. The average molecular weight is 402 g/mol. The molecule has 0 aliphatic carbocycles. The molecule has 3 heterocycles. The molecule has 2 amide bonds. The van der Waals surface area contributed by atoms with Crippen LogP contribution in [-0.2, 0) is 11.8 Å². The zero-order chi connectivity index (χ0) is 20.8. The summed E-state index contributed by atoms with van der Waals surface area (Å²) >= 11 is 0. The molecule has 1 fully saturated rings. The Morgan fingerprint density at radius 2 is 1.70 bits per heavy atom. The van der Waals surface area contributed by atoms with Crippen LogP contribution in [0.4, 0.5) is 0 Å². The Kier molecular flexibility index (Phi) is 4.61. The minimum Gasteiger partial charge on any atom is -0.348 e. The Hall–Kier alpha value is -3.08. The van der Waals surface area contributed by atoms with Gasteiger partial charge in [-0.3, -0.25) is 9.59 Å². The van der Waals surface area contributed by atoms with E-state index in [1.54, 1.807) is 4.90 Å². The van der Waals surface area contributed by atoms with Crippen LogP contribution < -0.4 is 0 Å². The molecule has 1 atom stereocenters. The predicted octanol–water partition coefficient (Wildman–Crippen LogP) is 4.04. The molecule has 0 bridgehead atoms. The summed E-state index contributed by atoms with van der Waals surface area (Å²) in [6.45, 7) is 3.82. The van der Waals surface area contributed by atoms with Crippen LogP contribution in [0, 0.1) is 6.92 Å². The fourth-order valence-corrected chi connectivity index (χ4v) is 5.13. The van der Waals surface area contributed by atoms with E-state index in [0.29, 0.717) is 5.56 Å². The maximum Gasteiger partial charge on any atom is 0.255 e. The highest BCUT2D eigenvalue weighted by molar-refractivity contribution is 6.02. The molecule has 3 aromatic rings. The maximum absolute atomic E-state index is 13.4. The van der Waals surface area contributed by atoms with Crippen LogP contribution in [0.3, 0.4) is 0 Å². The van der Waals surface area contributed by atoms with Crippen LogP contribution in [0.5, 0.6) is 0 Å². The lowest BCUT2D eigenvalue weighted by Gasteiger charge is -2.31. The van der Waals surface area contributed by atoms with Crippen LogP contribution in [0.1, 0.15) is 52.5 Å². The predicted molar refractivity (Wildman–Crippen MR) is 117 cm³/mol. The summed E-state index contributed by atoms with van der Waals surface area (Å²) in [5, 5.41) is 1.14. The Morgan fingerprint density at radius 1 is 1.00 bits per heavy atom. The molecule has 0 unspecified atom stereocenters. The number of amides is 2. The number of carbonyl (C=O) groups is 2. The van der Waals surface area contributed by atoms with E-state index < -0.39 is 0 Å². The smallest absolute Gasteiger partial charge is 0.255 e. The number of likely N-dealkylation sites (tertiary alicyclic amines) is 1. The SMILES string of the molecule is Cc1c([C@H]2c3ccccc3C(=O)N2CC(=O)N2CCCCC2)c2ccccc2n1C. The van der Waals surface area contributed by atoms with Gasteiger partial charge in [0.2, 0.25) is 5.91 Å². The second kappa shape index (κ2) is 7.31. The standard InChI is InChI=1S/C25H27N3O2/c1-17-23(20-12-6-7-13-21(20)26(17)2)24-18-10-4-5-11-19(18)25(30)28(24)16-22(29)27-14-8-3-9-15-27/h4-7,10-13,24H,3,8-9,14-16H2,1-2H3/t24-/m1/s1. The summed E-state index contributed by atoms with van der Waals surface area (Å²) in [5.41, 5.74) is 5.10. The minimum atomic E-state index is -0.242. The van der Waals surface area contributed by atoms with Crippen molar-refractivity contribution in [3.8, 4) is 0 Å². The molecule has 154 valence electrons. The minimum absolute atomic E-state index is 0.0479. The topological polar surface area (TPSA) is 45.6 Å². The summed E-state index contributed by atoms with van der Waals surface area (Å²) in [4.78, 5) is 30.2. The molecule has 0 spiro atoms. The molecule has 30 heavy (non-hydrogen) atoms. The first-order valence-electron chi connectivity index (χ1n) is 10.8. The van der Waals surface area contributed by atoms with Gasteiger partial charge >= 0.3 is 0 Å². The van der Waals surface area contributed by atoms with Crippen LogP contribution >= 0.6 is 0 Å². The van der Waals surface area contributed by atoms with Crippen molar-refractivity contribution < 1.29 is 9.59 Å².